The smallest absolute Gasteiger partial charge is 0.135 e. The molecule has 0 aliphatic rings. The Morgan fingerprint density at radius 2 is 1.94 bits per heavy atom. The van der Waals surface area contributed by atoms with Crippen LogP contribution >= 0.6 is 0 Å². The van der Waals surface area contributed by atoms with E-state index in [0.29, 0.717) is 11.6 Å². The normalized spacial score (nSPS) is 10.4. The van der Waals surface area contributed by atoms with E-state index in [4.69, 9.17) is 5.73 Å². The van der Waals surface area contributed by atoms with E-state index in [-0.39, 0.29) is 0 Å². The maximum absolute atomic E-state index is 5.62. The predicted octanol–water partition coefficient (Wildman–Crippen LogP) is 2.35. The third kappa shape index (κ3) is 1.93. The molecule has 3 rings (SSSR count). The van der Waals surface area contributed by atoms with Crippen molar-refractivity contribution in [1.82, 2.24) is 15.0 Å². The Morgan fingerprint density at radius 3 is 2.83 bits per heavy atom. The van der Waals surface area contributed by atoms with Gasteiger partial charge in [-0.05, 0) is 24.3 Å². The van der Waals surface area contributed by atoms with Gasteiger partial charge in [0.15, 0.2) is 0 Å². The summed E-state index contributed by atoms with van der Waals surface area (Å²) in [7, 11) is 0. The summed E-state index contributed by atoms with van der Waals surface area (Å²) in [5.74, 6) is 1.10. The van der Waals surface area contributed by atoms with Crippen LogP contribution < -0.4 is 11.1 Å². The molecule has 0 amide bonds. The molecule has 0 spiro atoms. The number of nitrogens with two attached hydrogens (primary N) is 1. The molecule has 0 saturated carbocycles. The van der Waals surface area contributed by atoms with Gasteiger partial charge in [-0.1, -0.05) is 6.07 Å². The van der Waals surface area contributed by atoms with Gasteiger partial charge in [-0.3, -0.25) is 4.98 Å². The van der Waals surface area contributed by atoms with E-state index < -0.39 is 0 Å². The van der Waals surface area contributed by atoms with Crippen molar-refractivity contribution in [3.63, 3.8) is 0 Å². The number of nitrogen functional groups attached to an aromatic ring is 1. The van der Waals surface area contributed by atoms with Crippen molar-refractivity contribution in [1.29, 1.82) is 0 Å². The minimum absolute atomic E-state index is 0.436. The van der Waals surface area contributed by atoms with Crippen molar-refractivity contribution in [3.05, 3.63) is 48.9 Å². The van der Waals surface area contributed by atoms with Gasteiger partial charge in [-0.25, -0.2) is 9.97 Å². The maximum atomic E-state index is 5.62. The van der Waals surface area contributed by atoms with Gasteiger partial charge in [0, 0.05) is 23.3 Å². The Hall–Kier alpha value is -2.69. The van der Waals surface area contributed by atoms with Gasteiger partial charge in [-0.15, -0.1) is 0 Å². The monoisotopic (exact) mass is 237 g/mol. The first-order chi connectivity index (χ1) is 8.83. The quantitative estimate of drug-likeness (QED) is 0.715. The van der Waals surface area contributed by atoms with Gasteiger partial charge in [0.05, 0.1) is 5.52 Å². The Morgan fingerprint density at radius 1 is 1.00 bits per heavy atom. The first kappa shape index (κ1) is 10.5. The molecular formula is C13H11N5. The second-order valence-electron chi connectivity index (χ2n) is 3.83. The number of aromatic nitrogens is 3. The molecule has 2 aromatic heterocycles. The van der Waals surface area contributed by atoms with E-state index in [1.165, 1.54) is 6.33 Å². The lowest BCUT2D eigenvalue weighted by Gasteiger charge is -2.08. The highest BCUT2D eigenvalue weighted by Gasteiger charge is 2.02. The van der Waals surface area contributed by atoms with Crippen molar-refractivity contribution in [2.24, 2.45) is 0 Å². The van der Waals surface area contributed by atoms with E-state index >= 15 is 0 Å². The number of nitrogens with zero attached hydrogens (tertiary/aromatic N) is 3. The summed E-state index contributed by atoms with van der Waals surface area (Å²) in [6.45, 7) is 0. The summed E-state index contributed by atoms with van der Waals surface area (Å²) in [5.41, 5.74) is 7.50. The molecule has 1 aromatic carbocycles. The number of hydrogen-bond acceptors (Lipinski definition) is 5. The molecule has 88 valence electrons. The SMILES string of the molecule is Nc1cc(Nc2cccc3ncccc23)ncn1. The molecule has 5 nitrogen and oxygen atoms in total. The van der Waals surface area contributed by atoms with Gasteiger partial charge >= 0.3 is 0 Å². The van der Waals surface area contributed by atoms with E-state index in [2.05, 4.69) is 20.3 Å². The van der Waals surface area contributed by atoms with Gasteiger partial charge in [0.2, 0.25) is 0 Å². The number of anilines is 3. The lowest BCUT2D eigenvalue weighted by molar-refractivity contribution is 1.18. The van der Waals surface area contributed by atoms with E-state index in [9.17, 15) is 0 Å². The molecular weight excluding hydrogens is 226 g/mol. The van der Waals surface area contributed by atoms with Crippen LogP contribution in [0.4, 0.5) is 17.3 Å². The van der Waals surface area contributed by atoms with E-state index in [1.807, 2.05) is 30.3 Å². The zero-order chi connectivity index (χ0) is 12.4. The lowest BCUT2D eigenvalue weighted by atomic mass is 10.2. The second-order valence-corrected chi connectivity index (χ2v) is 3.83. The summed E-state index contributed by atoms with van der Waals surface area (Å²) in [6, 6.07) is 11.5. The maximum Gasteiger partial charge on any atom is 0.135 e. The molecule has 3 aromatic rings. The third-order valence-corrected chi connectivity index (χ3v) is 2.60. The molecule has 0 fully saturated rings. The summed E-state index contributed by atoms with van der Waals surface area (Å²) in [5, 5.41) is 4.26. The Balaban J connectivity index is 2.05. The molecule has 0 radical (unpaired) electrons. The standard InChI is InChI=1S/C13H11N5/c14-12-7-13(17-8-16-12)18-11-5-1-4-10-9(11)3-2-6-15-10/h1-8H,(H3,14,16,17,18). The average molecular weight is 237 g/mol. The van der Waals surface area contributed by atoms with Crippen LogP contribution in [0, 0.1) is 0 Å². The molecule has 0 saturated heterocycles. The summed E-state index contributed by atoms with van der Waals surface area (Å²) < 4.78 is 0. The fourth-order valence-corrected chi connectivity index (χ4v) is 1.79. The third-order valence-electron chi connectivity index (χ3n) is 2.60. The minimum Gasteiger partial charge on any atom is -0.384 e. The minimum atomic E-state index is 0.436. The highest BCUT2D eigenvalue weighted by atomic mass is 15.0. The molecule has 0 bridgehead atoms. The fourth-order valence-electron chi connectivity index (χ4n) is 1.79. The van der Waals surface area contributed by atoms with Crippen LogP contribution in [0.15, 0.2) is 48.9 Å². The van der Waals surface area contributed by atoms with Crippen LogP contribution in [-0.4, -0.2) is 15.0 Å². The number of pyridine rings is 1. The number of hydrogen-bond donors (Lipinski definition) is 2. The van der Waals surface area contributed by atoms with Crippen molar-refractivity contribution in [2.45, 2.75) is 0 Å². The highest BCUT2D eigenvalue weighted by molar-refractivity contribution is 5.92. The Kier molecular flexibility index (Phi) is 2.49. The van der Waals surface area contributed by atoms with Crippen LogP contribution in [-0.2, 0) is 0 Å². The molecule has 5 heteroatoms. The number of nitrogens with one attached hydrogen (secondary N) is 1. The number of benzene rings is 1. The zero-order valence-electron chi connectivity index (χ0n) is 9.54. The van der Waals surface area contributed by atoms with E-state index in [1.54, 1.807) is 12.3 Å². The van der Waals surface area contributed by atoms with Crippen LogP contribution in [0.5, 0.6) is 0 Å². The molecule has 18 heavy (non-hydrogen) atoms. The van der Waals surface area contributed by atoms with Crippen LogP contribution in [0.2, 0.25) is 0 Å². The largest absolute Gasteiger partial charge is 0.384 e. The fraction of sp³-hybridized carbons (Fsp3) is 0. The van der Waals surface area contributed by atoms with Crippen molar-refractivity contribution in [3.8, 4) is 0 Å². The van der Waals surface area contributed by atoms with Gasteiger partial charge in [-0.2, -0.15) is 0 Å². The average Bonchev–Trinajstić information content (AvgIpc) is 2.39. The van der Waals surface area contributed by atoms with Crippen LogP contribution in [0.25, 0.3) is 10.9 Å². The topological polar surface area (TPSA) is 76.7 Å². The van der Waals surface area contributed by atoms with E-state index in [0.717, 1.165) is 16.6 Å². The first-order valence-corrected chi connectivity index (χ1v) is 5.51. The summed E-state index contributed by atoms with van der Waals surface area (Å²) >= 11 is 0. The molecule has 0 atom stereocenters. The first-order valence-electron chi connectivity index (χ1n) is 5.51. The molecule has 0 aliphatic carbocycles. The van der Waals surface area contributed by atoms with Crippen LogP contribution in [0.3, 0.4) is 0 Å². The Labute approximate surface area is 104 Å². The number of fused-ring (bicyclic) bond motifs is 1. The van der Waals surface area contributed by atoms with Gasteiger partial charge < -0.3 is 11.1 Å². The van der Waals surface area contributed by atoms with Crippen molar-refractivity contribution < 1.29 is 0 Å². The number of rotatable bonds is 2. The highest BCUT2D eigenvalue weighted by Crippen LogP contribution is 2.24. The summed E-state index contributed by atoms with van der Waals surface area (Å²) in [4.78, 5) is 12.3. The Bertz CT molecular complexity index is 690. The predicted molar refractivity (Wildman–Crippen MR) is 71.5 cm³/mol. The molecule has 0 aliphatic heterocycles. The van der Waals surface area contributed by atoms with Crippen LogP contribution in [0.1, 0.15) is 0 Å². The van der Waals surface area contributed by atoms with Crippen molar-refractivity contribution >= 4 is 28.2 Å². The lowest BCUT2D eigenvalue weighted by Crippen LogP contribution is -1.97. The second kappa shape index (κ2) is 4.29. The molecule has 3 N–H and O–H groups in total. The van der Waals surface area contributed by atoms with Crippen molar-refractivity contribution in [2.75, 3.05) is 11.1 Å². The van der Waals surface area contributed by atoms with Gasteiger partial charge in [0.1, 0.15) is 18.0 Å². The zero-order valence-corrected chi connectivity index (χ0v) is 9.54. The molecule has 0 unspecified atom stereocenters. The summed E-state index contributed by atoms with van der Waals surface area (Å²) in [6.07, 6.45) is 3.20. The van der Waals surface area contributed by atoms with Gasteiger partial charge in [0.25, 0.3) is 0 Å². The molecule has 2 heterocycles.